The molecule has 178 valence electrons. The van der Waals surface area contributed by atoms with Crippen molar-refractivity contribution in [3.63, 3.8) is 0 Å². The smallest absolute Gasteiger partial charge is 0.254 e. The lowest BCUT2D eigenvalue weighted by atomic mass is 9.92. The molecule has 1 aromatic heterocycles. The Bertz CT molecular complexity index is 1310. The molecule has 0 N–H and O–H groups in total. The topological polar surface area (TPSA) is 75.5 Å². The Balaban J connectivity index is 1.28. The summed E-state index contributed by atoms with van der Waals surface area (Å²) in [4.78, 5) is 19.6. The molecule has 1 amide bonds. The van der Waals surface area contributed by atoms with Crippen LogP contribution in [0.25, 0.3) is 5.69 Å². The number of imidazole rings is 1. The van der Waals surface area contributed by atoms with Gasteiger partial charge in [-0.2, -0.15) is 4.31 Å². The van der Waals surface area contributed by atoms with Crippen molar-refractivity contribution in [2.75, 3.05) is 32.4 Å². The summed E-state index contributed by atoms with van der Waals surface area (Å²) in [5, 5.41) is 0.852. The highest BCUT2D eigenvalue weighted by molar-refractivity contribution is 7.98. The number of hydrogen-bond acceptors (Lipinski definition) is 5. The van der Waals surface area contributed by atoms with E-state index in [2.05, 4.69) is 4.98 Å². The number of fused-ring (bicyclic) bond motifs is 1. The number of hydrogen-bond donors (Lipinski definition) is 0. The van der Waals surface area contributed by atoms with Crippen molar-refractivity contribution in [3.05, 3.63) is 71.5 Å². The van der Waals surface area contributed by atoms with E-state index in [9.17, 15) is 13.2 Å². The van der Waals surface area contributed by atoms with Gasteiger partial charge in [0, 0.05) is 49.8 Å². The number of carbonyl (C=O) groups is 1. The van der Waals surface area contributed by atoms with E-state index in [0.29, 0.717) is 36.6 Å². The van der Waals surface area contributed by atoms with Gasteiger partial charge in [-0.1, -0.05) is 23.9 Å². The minimum Gasteiger partial charge on any atom is -0.336 e. The minimum absolute atomic E-state index is 0.0847. The first-order valence-corrected chi connectivity index (χ1v) is 14.2. The molecule has 1 fully saturated rings. The first-order valence-electron chi connectivity index (χ1n) is 11.6. The van der Waals surface area contributed by atoms with Crippen molar-refractivity contribution >= 4 is 27.7 Å². The molecule has 2 aliphatic rings. The lowest BCUT2D eigenvalue weighted by Crippen LogP contribution is -2.50. The first-order chi connectivity index (χ1) is 16.5. The predicted octanol–water partition coefficient (Wildman–Crippen LogP) is 3.62. The second-order valence-corrected chi connectivity index (χ2v) is 11.4. The predicted molar refractivity (Wildman–Crippen MR) is 133 cm³/mol. The molecule has 0 radical (unpaired) electrons. The van der Waals surface area contributed by atoms with Crippen molar-refractivity contribution in [2.45, 2.75) is 35.7 Å². The number of nitrogens with zero attached hydrogens (tertiary/aromatic N) is 4. The number of sulfonamides is 1. The molecule has 0 bridgehead atoms. The molecule has 7 nitrogen and oxygen atoms in total. The quantitative estimate of drug-likeness (QED) is 0.505. The average Bonchev–Trinajstić information content (AvgIpc) is 3.37. The zero-order valence-electron chi connectivity index (χ0n) is 19.2. The summed E-state index contributed by atoms with van der Waals surface area (Å²) in [6.07, 6.45) is 9.82. The first kappa shape index (κ1) is 23.1. The van der Waals surface area contributed by atoms with Crippen molar-refractivity contribution < 1.29 is 13.2 Å². The molecule has 0 saturated carbocycles. The molecular formula is C25H28N4O3S2. The fourth-order valence-electron chi connectivity index (χ4n) is 4.76. The average molecular weight is 497 g/mol. The summed E-state index contributed by atoms with van der Waals surface area (Å²) in [6.45, 7) is 1.33. The normalized spacial score (nSPS) is 16.9. The van der Waals surface area contributed by atoms with Gasteiger partial charge in [0.05, 0.1) is 4.90 Å². The standard InChI is InChI=1S/C25H28N4O3S2/c1-33-25-26-11-12-29(25)22-8-4-7-21(17-22)24(30)27-13-15-28(16-14-27)34(31,32)23-10-9-19-5-2-3-6-20(19)18-23/h4,7-12,17-18H,2-3,5-6,13-16H2,1H3. The van der Waals surface area contributed by atoms with E-state index in [1.54, 1.807) is 35.0 Å². The van der Waals surface area contributed by atoms with E-state index in [4.69, 9.17) is 0 Å². The number of piperazine rings is 1. The summed E-state index contributed by atoms with van der Waals surface area (Å²) in [5.41, 5.74) is 3.89. The monoisotopic (exact) mass is 496 g/mol. The molecule has 5 rings (SSSR count). The third kappa shape index (κ3) is 4.39. The Morgan fingerprint density at radius 1 is 0.971 bits per heavy atom. The fourth-order valence-corrected chi connectivity index (χ4v) is 6.76. The maximum atomic E-state index is 13.3. The van der Waals surface area contributed by atoms with Crippen LogP contribution in [0.5, 0.6) is 0 Å². The molecule has 1 aliphatic heterocycles. The number of aromatic nitrogens is 2. The molecule has 0 unspecified atom stereocenters. The maximum Gasteiger partial charge on any atom is 0.254 e. The lowest BCUT2D eigenvalue weighted by Gasteiger charge is -2.34. The summed E-state index contributed by atoms with van der Waals surface area (Å²) in [5.74, 6) is -0.0847. The van der Waals surface area contributed by atoms with Crippen molar-refractivity contribution in [3.8, 4) is 5.69 Å². The van der Waals surface area contributed by atoms with Crippen LogP contribution in [0.1, 0.15) is 34.3 Å². The molecule has 1 saturated heterocycles. The number of carbonyl (C=O) groups excluding carboxylic acids is 1. The number of rotatable bonds is 5. The Kier molecular flexibility index (Phi) is 6.50. The van der Waals surface area contributed by atoms with E-state index in [0.717, 1.165) is 35.7 Å². The zero-order valence-corrected chi connectivity index (χ0v) is 20.8. The summed E-state index contributed by atoms with van der Waals surface area (Å²) in [7, 11) is -3.57. The molecular weight excluding hydrogens is 468 g/mol. The van der Waals surface area contributed by atoms with Crippen LogP contribution in [-0.4, -0.2) is 65.5 Å². The SMILES string of the molecule is CSc1nccn1-c1cccc(C(=O)N2CCN(S(=O)(=O)c3ccc4c(c3)CCCC4)CC2)c1. The van der Waals surface area contributed by atoms with Gasteiger partial charge in [-0.15, -0.1) is 0 Å². The van der Waals surface area contributed by atoms with Crippen LogP contribution in [-0.2, 0) is 22.9 Å². The molecule has 0 atom stereocenters. The summed E-state index contributed by atoms with van der Waals surface area (Å²) >= 11 is 1.54. The third-order valence-electron chi connectivity index (χ3n) is 6.64. The van der Waals surface area contributed by atoms with E-state index >= 15 is 0 Å². The number of amides is 1. The summed E-state index contributed by atoms with van der Waals surface area (Å²) < 4.78 is 30.0. The Morgan fingerprint density at radius 2 is 1.74 bits per heavy atom. The molecule has 2 heterocycles. The van der Waals surface area contributed by atoms with Crippen LogP contribution in [0.15, 0.2) is 64.9 Å². The van der Waals surface area contributed by atoms with Crippen molar-refractivity contribution in [1.29, 1.82) is 0 Å². The highest BCUT2D eigenvalue weighted by atomic mass is 32.2. The van der Waals surface area contributed by atoms with E-state index in [1.807, 2.05) is 47.4 Å². The van der Waals surface area contributed by atoms with Gasteiger partial charge in [0.2, 0.25) is 10.0 Å². The van der Waals surface area contributed by atoms with Gasteiger partial charge in [-0.05, 0) is 73.4 Å². The van der Waals surface area contributed by atoms with Gasteiger partial charge >= 0.3 is 0 Å². The molecule has 9 heteroatoms. The van der Waals surface area contributed by atoms with Gasteiger partial charge in [-0.3, -0.25) is 9.36 Å². The van der Waals surface area contributed by atoms with Crippen LogP contribution in [0.3, 0.4) is 0 Å². The van der Waals surface area contributed by atoms with E-state index < -0.39 is 10.0 Å². The van der Waals surface area contributed by atoms with Gasteiger partial charge < -0.3 is 4.90 Å². The van der Waals surface area contributed by atoms with Crippen molar-refractivity contribution in [2.24, 2.45) is 0 Å². The van der Waals surface area contributed by atoms with Crippen LogP contribution < -0.4 is 0 Å². The third-order valence-corrected chi connectivity index (χ3v) is 9.21. The molecule has 0 spiro atoms. The van der Waals surface area contributed by atoms with E-state index in [-0.39, 0.29) is 5.91 Å². The Morgan fingerprint density at radius 3 is 2.50 bits per heavy atom. The van der Waals surface area contributed by atoms with Crippen LogP contribution in [0.4, 0.5) is 0 Å². The van der Waals surface area contributed by atoms with Gasteiger partial charge in [0.1, 0.15) is 0 Å². The van der Waals surface area contributed by atoms with Gasteiger partial charge in [0.25, 0.3) is 5.91 Å². The molecule has 1 aliphatic carbocycles. The van der Waals surface area contributed by atoms with Gasteiger partial charge in [0.15, 0.2) is 5.16 Å². The minimum atomic E-state index is -3.57. The fraction of sp³-hybridized carbons (Fsp3) is 0.360. The van der Waals surface area contributed by atoms with Crippen LogP contribution in [0, 0.1) is 0 Å². The zero-order chi connectivity index (χ0) is 23.7. The van der Waals surface area contributed by atoms with Crippen LogP contribution >= 0.6 is 11.8 Å². The van der Waals surface area contributed by atoms with E-state index in [1.165, 1.54) is 16.3 Å². The van der Waals surface area contributed by atoms with Crippen LogP contribution in [0.2, 0.25) is 0 Å². The van der Waals surface area contributed by atoms with Gasteiger partial charge in [-0.25, -0.2) is 13.4 Å². The lowest BCUT2D eigenvalue weighted by molar-refractivity contribution is 0.0698. The Labute approximate surface area is 204 Å². The molecule has 3 aromatic rings. The largest absolute Gasteiger partial charge is 0.336 e. The Hall–Kier alpha value is -2.62. The molecule has 2 aromatic carbocycles. The highest BCUT2D eigenvalue weighted by Crippen LogP contribution is 2.26. The summed E-state index contributed by atoms with van der Waals surface area (Å²) in [6, 6.07) is 13.0. The maximum absolute atomic E-state index is 13.3. The second-order valence-electron chi connectivity index (χ2n) is 8.67. The number of thioether (sulfide) groups is 1. The number of aryl methyl sites for hydroxylation is 2. The second kappa shape index (κ2) is 9.56. The van der Waals surface area contributed by atoms with Crippen molar-refractivity contribution in [1.82, 2.24) is 18.8 Å². The molecule has 34 heavy (non-hydrogen) atoms. The highest BCUT2D eigenvalue weighted by Gasteiger charge is 2.31. The number of benzene rings is 2.